The average Bonchev–Trinajstić information content (AvgIpc) is 3.38. The molecule has 37 heavy (non-hydrogen) atoms. The van der Waals surface area contributed by atoms with Crippen molar-refractivity contribution in [2.24, 2.45) is 5.92 Å². The van der Waals surface area contributed by atoms with Gasteiger partial charge in [-0.25, -0.2) is 13.2 Å². The molecule has 0 aromatic heterocycles. The number of rotatable bonds is 7. The maximum Gasteiger partial charge on any atom is 0.335 e. The second kappa shape index (κ2) is 9.25. The Balaban J connectivity index is 1.46. The molecule has 3 aromatic rings. The maximum absolute atomic E-state index is 13.1. The number of sulfonamides is 1. The molecule has 0 saturated carbocycles. The van der Waals surface area contributed by atoms with Crippen LogP contribution in [0.5, 0.6) is 5.75 Å². The topological polar surface area (TPSA) is 148 Å². The van der Waals surface area contributed by atoms with Crippen molar-refractivity contribution in [3.8, 4) is 5.75 Å². The number of methoxy groups -OCH3 is 1. The molecule has 3 atom stereocenters. The van der Waals surface area contributed by atoms with Crippen LogP contribution in [-0.4, -0.2) is 31.5 Å². The molecule has 0 fully saturated rings. The number of ether oxygens (including phenoxy) is 1. The quantitative estimate of drug-likeness (QED) is 0.225. The molecule has 0 radical (unpaired) electrons. The number of carboxylic acids is 1. The van der Waals surface area contributed by atoms with E-state index in [1.165, 1.54) is 43.5 Å². The predicted molar refractivity (Wildman–Crippen MR) is 137 cm³/mol. The number of hydrogen-bond donors (Lipinski definition) is 3. The number of nitrogens with zero attached hydrogens (tertiary/aromatic N) is 1. The smallest absolute Gasteiger partial charge is 0.335 e. The van der Waals surface area contributed by atoms with Gasteiger partial charge >= 0.3 is 11.7 Å². The van der Waals surface area contributed by atoms with Gasteiger partial charge in [0.1, 0.15) is 0 Å². The number of aromatic carboxylic acids is 1. The van der Waals surface area contributed by atoms with Gasteiger partial charge in [-0.3, -0.25) is 14.8 Å². The normalized spacial score (nSPS) is 19.9. The zero-order valence-electron chi connectivity index (χ0n) is 19.6. The van der Waals surface area contributed by atoms with Gasteiger partial charge in [-0.2, -0.15) is 0 Å². The largest absolute Gasteiger partial charge is 0.490 e. The van der Waals surface area contributed by atoms with Crippen molar-refractivity contribution in [2.45, 2.75) is 23.3 Å². The van der Waals surface area contributed by atoms with E-state index in [0.717, 1.165) is 23.2 Å². The highest BCUT2D eigenvalue weighted by Gasteiger charge is 2.39. The first-order chi connectivity index (χ1) is 17.7. The van der Waals surface area contributed by atoms with Crippen LogP contribution >= 0.6 is 0 Å². The lowest BCUT2D eigenvalue weighted by Gasteiger charge is -2.37. The maximum atomic E-state index is 13.1. The molecule has 5 rings (SSSR count). The second-order valence-electron chi connectivity index (χ2n) is 8.90. The molecule has 0 saturated heterocycles. The summed E-state index contributed by atoms with van der Waals surface area (Å²) in [4.78, 5) is 22.2. The van der Waals surface area contributed by atoms with Crippen LogP contribution < -0.4 is 14.8 Å². The molecule has 0 amide bonds. The minimum atomic E-state index is -3.94. The summed E-state index contributed by atoms with van der Waals surface area (Å²) < 4.78 is 33.8. The number of carbonyl (C=O) groups is 1. The Kier molecular flexibility index (Phi) is 6.08. The fourth-order valence-corrected chi connectivity index (χ4v) is 6.10. The Morgan fingerprint density at radius 2 is 1.89 bits per heavy atom. The minimum Gasteiger partial charge on any atom is -0.490 e. The summed E-state index contributed by atoms with van der Waals surface area (Å²) in [6.07, 6.45) is 4.82. The Morgan fingerprint density at radius 1 is 1.14 bits per heavy atom. The van der Waals surface area contributed by atoms with Gasteiger partial charge in [-0.1, -0.05) is 18.2 Å². The average molecular weight is 522 g/mol. The third kappa shape index (κ3) is 4.49. The number of hydrogen-bond acceptors (Lipinski definition) is 7. The van der Waals surface area contributed by atoms with E-state index < -0.39 is 20.9 Å². The van der Waals surface area contributed by atoms with Crippen LogP contribution in [0.4, 0.5) is 17.1 Å². The number of anilines is 2. The summed E-state index contributed by atoms with van der Waals surface area (Å²) in [5.74, 6) is -0.952. The Labute approximate surface area is 212 Å². The van der Waals surface area contributed by atoms with E-state index in [1.54, 1.807) is 18.2 Å². The molecular weight excluding hydrogens is 498 g/mol. The molecule has 190 valence electrons. The molecule has 3 N–H and O–H groups in total. The summed E-state index contributed by atoms with van der Waals surface area (Å²) in [6, 6.07) is 15.0. The molecule has 11 heteroatoms. The molecular formula is C26H23N3O7S. The highest BCUT2D eigenvalue weighted by molar-refractivity contribution is 7.92. The van der Waals surface area contributed by atoms with Gasteiger partial charge in [0, 0.05) is 23.4 Å². The monoisotopic (exact) mass is 521 g/mol. The number of nitrogens with one attached hydrogen (secondary N) is 2. The van der Waals surface area contributed by atoms with Gasteiger partial charge in [0.05, 0.1) is 28.5 Å². The zero-order valence-corrected chi connectivity index (χ0v) is 20.4. The first-order valence-corrected chi connectivity index (χ1v) is 12.9. The lowest BCUT2D eigenvalue weighted by atomic mass is 9.77. The van der Waals surface area contributed by atoms with Gasteiger partial charge in [-0.15, -0.1) is 0 Å². The van der Waals surface area contributed by atoms with Gasteiger partial charge in [0.25, 0.3) is 10.0 Å². The van der Waals surface area contributed by atoms with Gasteiger partial charge in [-0.05, 0) is 72.0 Å². The van der Waals surface area contributed by atoms with Crippen molar-refractivity contribution in [3.63, 3.8) is 0 Å². The van der Waals surface area contributed by atoms with E-state index >= 15 is 0 Å². The second-order valence-corrected chi connectivity index (χ2v) is 10.6. The van der Waals surface area contributed by atoms with Crippen LogP contribution in [0.1, 0.15) is 39.9 Å². The number of benzene rings is 3. The first-order valence-electron chi connectivity index (χ1n) is 11.4. The van der Waals surface area contributed by atoms with E-state index in [-0.39, 0.29) is 45.5 Å². The fraction of sp³-hybridized carbons (Fsp3) is 0.192. The number of carboxylic acid groups (broad SMARTS) is 1. The van der Waals surface area contributed by atoms with Crippen molar-refractivity contribution in [3.05, 3.63) is 99.6 Å². The third-order valence-corrected chi connectivity index (χ3v) is 8.17. The molecule has 10 nitrogen and oxygen atoms in total. The summed E-state index contributed by atoms with van der Waals surface area (Å²) in [5.41, 5.74) is 2.52. The molecule has 3 aromatic carbocycles. The van der Waals surface area contributed by atoms with Crippen molar-refractivity contribution >= 4 is 33.1 Å². The van der Waals surface area contributed by atoms with Crippen molar-refractivity contribution in [2.75, 3.05) is 17.1 Å². The van der Waals surface area contributed by atoms with Crippen LogP contribution in [0.15, 0.2) is 77.7 Å². The van der Waals surface area contributed by atoms with Gasteiger partial charge in [0.2, 0.25) is 0 Å². The van der Waals surface area contributed by atoms with E-state index in [4.69, 9.17) is 9.84 Å². The van der Waals surface area contributed by atoms with Crippen LogP contribution in [-0.2, 0) is 10.0 Å². The number of nitro benzene ring substituents is 1. The summed E-state index contributed by atoms with van der Waals surface area (Å²) in [5, 5.41) is 24.1. The third-order valence-electron chi connectivity index (χ3n) is 6.79. The Bertz CT molecular complexity index is 1530. The van der Waals surface area contributed by atoms with Gasteiger partial charge < -0.3 is 15.2 Å². The summed E-state index contributed by atoms with van der Waals surface area (Å²) in [7, 11) is -2.55. The predicted octanol–water partition coefficient (Wildman–Crippen LogP) is 4.93. The van der Waals surface area contributed by atoms with Crippen molar-refractivity contribution in [1.82, 2.24) is 0 Å². The van der Waals surface area contributed by atoms with E-state index in [9.17, 15) is 23.3 Å². The van der Waals surface area contributed by atoms with E-state index in [2.05, 4.69) is 10.0 Å². The van der Waals surface area contributed by atoms with Crippen LogP contribution in [0.3, 0.4) is 0 Å². The standard InChI is InChI=1S/C26H23N3O7S/c1-36-24-12-7-16(13-23(24)29(32)33)25-20-4-2-3-19(20)21-14-18(10-11-22(21)27-25)37(34,35)28-17-8-5-15(6-9-17)26(30)31/h2-3,5-14,19-20,25,27-28H,4H2,1H3,(H,30,31)/t19-,20+,25-/m0/s1. The Morgan fingerprint density at radius 3 is 2.57 bits per heavy atom. The summed E-state index contributed by atoms with van der Waals surface area (Å²) in [6.45, 7) is 0. The number of fused-ring (bicyclic) bond motifs is 3. The van der Waals surface area contributed by atoms with E-state index in [0.29, 0.717) is 0 Å². The highest BCUT2D eigenvalue weighted by atomic mass is 32.2. The van der Waals surface area contributed by atoms with Crippen molar-refractivity contribution < 1.29 is 28.0 Å². The summed E-state index contributed by atoms with van der Waals surface area (Å²) >= 11 is 0. The van der Waals surface area contributed by atoms with Crippen LogP contribution in [0.25, 0.3) is 0 Å². The SMILES string of the molecule is COc1ccc([C@@H]2Nc3ccc(S(=O)(=O)Nc4ccc(C(=O)O)cc4)cc3[C@H]3C=CC[C@H]32)cc1[N+](=O)[O-]. The molecule has 1 aliphatic heterocycles. The molecule has 0 unspecified atom stereocenters. The van der Waals surface area contributed by atoms with Crippen molar-refractivity contribution in [1.29, 1.82) is 0 Å². The Hall–Kier alpha value is -4.38. The lowest BCUT2D eigenvalue weighted by molar-refractivity contribution is -0.385. The van der Waals surface area contributed by atoms with Crippen LogP contribution in [0, 0.1) is 16.0 Å². The lowest BCUT2D eigenvalue weighted by Crippen LogP contribution is -2.29. The molecule has 2 aliphatic rings. The van der Waals surface area contributed by atoms with E-state index in [1.807, 2.05) is 18.2 Å². The highest BCUT2D eigenvalue weighted by Crippen LogP contribution is 2.51. The number of nitro groups is 1. The first kappa shape index (κ1) is 24.3. The zero-order chi connectivity index (χ0) is 26.3. The van der Waals surface area contributed by atoms with Crippen LogP contribution in [0.2, 0.25) is 0 Å². The number of allylic oxidation sites excluding steroid dienone is 2. The molecule has 1 heterocycles. The molecule has 0 spiro atoms. The fourth-order valence-electron chi connectivity index (χ4n) is 5.01. The minimum absolute atomic E-state index is 0.0370. The molecule has 1 aliphatic carbocycles. The molecule has 0 bridgehead atoms. The van der Waals surface area contributed by atoms with Gasteiger partial charge in [0.15, 0.2) is 5.75 Å².